The van der Waals surface area contributed by atoms with Gasteiger partial charge in [0.15, 0.2) is 23.9 Å². The Hall–Kier alpha value is -3.00. The summed E-state index contributed by atoms with van der Waals surface area (Å²) < 4.78 is 16.2. The Morgan fingerprint density at radius 1 is 1.14 bits per heavy atom. The van der Waals surface area contributed by atoms with Gasteiger partial charge in [0.05, 0.1) is 0 Å². The minimum Gasteiger partial charge on any atom is -0.478 e. The van der Waals surface area contributed by atoms with Crippen molar-refractivity contribution in [3.8, 4) is 17.2 Å². The van der Waals surface area contributed by atoms with Crippen LogP contribution in [-0.2, 0) is 11.3 Å². The molecule has 8 heteroatoms. The number of rotatable bonds is 5. The van der Waals surface area contributed by atoms with Crippen LogP contribution in [0, 0.1) is 6.92 Å². The lowest BCUT2D eigenvalue weighted by molar-refractivity contribution is -0.135. The van der Waals surface area contributed by atoms with Crippen molar-refractivity contribution < 1.29 is 19.0 Å². The predicted octanol–water partition coefficient (Wildman–Crippen LogP) is 1.14. The van der Waals surface area contributed by atoms with Crippen LogP contribution in [0.5, 0.6) is 17.2 Å². The first-order valence-corrected chi connectivity index (χ1v) is 9.29. The van der Waals surface area contributed by atoms with E-state index in [9.17, 15) is 9.59 Å². The summed E-state index contributed by atoms with van der Waals surface area (Å²) in [7, 11) is 0. The number of nitrogens with zero attached hydrogens (tertiary/aromatic N) is 2. The number of aryl methyl sites for hydroxylation is 1. The first-order chi connectivity index (χ1) is 13.6. The van der Waals surface area contributed by atoms with Crippen molar-refractivity contribution in [3.63, 3.8) is 0 Å². The number of pyridine rings is 1. The van der Waals surface area contributed by atoms with Crippen LogP contribution in [0.3, 0.4) is 0 Å². The van der Waals surface area contributed by atoms with Gasteiger partial charge in [0, 0.05) is 50.7 Å². The Bertz CT molecular complexity index is 918. The van der Waals surface area contributed by atoms with Crippen molar-refractivity contribution in [2.45, 2.75) is 13.5 Å². The summed E-state index contributed by atoms with van der Waals surface area (Å²) in [5, 5.41) is 0. The highest BCUT2D eigenvalue weighted by atomic mass is 16.7. The third-order valence-corrected chi connectivity index (χ3v) is 4.94. The zero-order valence-corrected chi connectivity index (χ0v) is 15.8. The van der Waals surface area contributed by atoms with E-state index in [0.29, 0.717) is 13.1 Å². The van der Waals surface area contributed by atoms with E-state index in [-0.39, 0.29) is 30.5 Å². The largest absolute Gasteiger partial charge is 0.478 e. The van der Waals surface area contributed by atoms with Crippen LogP contribution >= 0.6 is 0 Å². The monoisotopic (exact) mass is 385 g/mol. The molecule has 2 aliphatic heterocycles. The Kier molecular flexibility index (Phi) is 5.21. The summed E-state index contributed by atoms with van der Waals surface area (Å²) in [5.41, 5.74) is 1.69. The van der Waals surface area contributed by atoms with Crippen LogP contribution < -0.4 is 19.6 Å². The number of fused-ring (bicyclic) bond motifs is 1. The number of hydrogen-bond donors (Lipinski definition) is 1. The molecular formula is C20H23N3O5. The van der Waals surface area contributed by atoms with Crippen molar-refractivity contribution in [3.05, 3.63) is 51.9 Å². The molecule has 1 aromatic carbocycles. The quantitative estimate of drug-likeness (QED) is 0.831. The average Bonchev–Trinajstić information content (AvgIpc) is 3.15. The molecule has 0 bridgehead atoms. The van der Waals surface area contributed by atoms with Gasteiger partial charge in [0.1, 0.15) is 0 Å². The minimum atomic E-state index is -0.224. The molecule has 0 saturated carbocycles. The molecule has 0 unspecified atom stereocenters. The Morgan fingerprint density at radius 3 is 2.71 bits per heavy atom. The van der Waals surface area contributed by atoms with E-state index in [1.807, 2.05) is 18.2 Å². The fourth-order valence-corrected chi connectivity index (χ4v) is 3.36. The highest BCUT2D eigenvalue weighted by Gasteiger charge is 2.22. The van der Waals surface area contributed by atoms with Gasteiger partial charge in [-0.2, -0.15) is 0 Å². The van der Waals surface area contributed by atoms with Crippen molar-refractivity contribution in [2.75, 3.05) is 39.6 Å². The molecule has 2 aromatic rings. The molecule has 8 nitrogen and oxygen atoms in total. The molecule has 1 amide bonds. The molecule has 1 saturated heterocycles. The Labute approximate surface area is 162 Å². The summed E-state index contributed by atoms with van der Waals surface area (Å²) in [4.78, 5) is 31.2. The summed E-state index contributed by atoms with van der Waals surface area (Å²) in [5.74, 6) is 1.63. The second-order valence-electron chi connectivity index (χ2n) is 6.98. The normalized spacial score (nSPS) is 16.2. The van der Waals surface area contributed by atoms with Crippen molar-refractivity contribution in [2.24, 2.45) is 0 Å². The second-order valence-corrected chi connectivity index (χ2v) is 6.98. The van der Waals surface area contributed by atoms with Crippen LogP contribution in [-0.4, -0.2) is 60.3 Å². The maximum Gasteiger partial charge on any atom is 0.260 e. The van der Waals surface area contributed by atoms with Gasteiger partial charge in [-0.3, -0.25) is 14.5 Å². The van der Waals surface area contributed by atoms with Gasteiger partial charge in [0.25, 0.3) is 5.91 Å². The first-order valence-electron chi connectivity index (χ1n) is 9.29. The molecule has 3 heterocycles. The van der Waals surface area contributed by atoms with Gasteiger partial charge >= 0.3 is 0 Å². The number of amides is 1. The lowest BCUT2D eigenvalue weighted by Gasteiger charge is -2.34. The molecular weight excluding hydrogens is 362 g/mol. The maximum absolute atomic E-state index is 12.4. The Balaban J connectivity index is 1.25. The van der Waals surface area contributed by atoms with Gasteiger partial charge in [-0.25, -0.2) is 0 Å². The zero-order valence-electron chi connectivity index (χ0n) is 15.8. The standard InChI is InChI=1S/C20H23N3O5/c1-14-8-16(24)19(10-21-14)26-12-20(25)23-6-4-22(5-7-23)11-15-2-3-17-18(9-15)28-13-27-17/h2-3,8-10H,4-7,11-13H2,1H3,(H,21,24). The van der Waals surface area contributed by atoms with Crippen molar-refractivity contribution in [1.82, 2.24) is 14.8 Å². The van der Waals surface area contributed by atoms with Gasteiger partial charge in [-0.1, -0.05) is 6.07 Å². The number of ether oxygens (including phenoxy) is 3. The van der Waals surface area contributed by atoms with Crippen molar-refractivity contribution >= 4 is 5.91 Å². The molecule has 4 rings (SSSR count). The number of hydrogen-bond acceptors (Lipinski definition) is 6. The minimum absolute atomic E-state index is 0.109. The third kappa shape index (κ3) is 4.12. The molecule has 28 heavy (non-hydrogen) atoms. The van der Waals surface area contributed by atoms with Gasteiger partial charge in [-0.15, -0.1) is 0 Å². The lowest BCUT2D eigenvalue weighted by atomic mass is 10.1. The molecule has 1 N–H and O–H groups in total. The van der Waals surface area contributed by atoms with Crippen LogP contribution in [0.15, 0.2) is 35.3 Å². The fraction of sp³-hybridized carbons (Fsp3) is 0.400. The smallest absolute Gasteiger partial charge is 0.260 e. The molecule has 1 fully saturated rings. The fourth-order valence-electron chi connectivity index (χ4n) is 3.36. The van der Waals surface area contributed by atoms with E-state index < -0.39 is 0 Å². The number of nitrogens with one attached hydrogen (secondary N) is 1. The molecule has 2 aliphatic rings. The number of aromatic nitrogens is 1. The number of carbonyl (C=O) groups is 1. The maximum atomic E-state index is 12.4. The Morgan fingerprint density at radius 2 is 1.93 bits per heavy atom. The average molecular weight is 385 g/mol. The highest BCUT2D eigenvalue weighted by Crippen LogP contribution is 2.32. The highest BCUT2D eigenvalue weighted by molar-refractivity contribution is 5.77. The molecule has 0 aliphatic carbocycles. The number of H-pyrrole nitrogens is 1. The molecule has 1 aromatic heterocycles. The third-order valence-electron chi connectivity index (χ3n) is 4.94. The molecule has 0 atom stereocenters. The SMILES string of the molecule is Cc1cc(=O)c(OCC(=O)N2CCN(Cc3ccc4c(c3)OCO4)CC2)c[nH]1. The van der Waals surface area contributed by atoms with E-state index in [4.69, 9.17) is 14.2 Å². The zero-order chi connectivity index (χ0) is 19.5. The first kappa shape index (κ1) is 18.4. The van der Waals surface area contributed by atoms with E-state index in [1.165, 1.54) is 12.3 Å². The second kappa shape index (κ2) is 7.93. The van der Waals surface area contributed by atoms with Gasteiger partial charge < -0.3 is 24.1 Å². The summed E-state index contributed by atoms with van der Waals surface area (Å²) in [6.45, 7) is 5.57. The number of piperazine rings is 1. The molecule has 0 radical (unpaired) electrons. The number of aromatic amines is 1. The van der Waals surface area contributed by atoms with Gasteiger partial charge in [-0.05, 0) is 24.6 Å². The molecule has 0 spiro atoms. The van der Waals surface area contributed by atoms with E-state index in [2.05, 4.69) is 9.88 Å². The topological polar surface area (TPSA) is 84.1 Å². The summed E-state index contributed by atoms with van der Waals surface area (Å²) in [6, 6.07) is 7.43. The van der Waals surface area contributed by atoms with E-state index >= 15 is 0 Å². The summed E-state index contributed by atoms with van der Waals surface area (Å²) >= 11 is 0. The number of benzene rings is 1. The van der Waals surface area contributed by atoms with Gasteiger partial charge in [0.2, 0.25) is 12.2 Å². The van der Waals surface area contributed by atoms with Crippen LogP contribution in [0.2, 0.25) is 0 Å². The predicted molar refractivity (Wildman–Crippen MR) is 102 cm³/mol. The summed E-state index contributed by atoms with van der Waals surface area (Å²) in [6.07, 6.45) is 1.49. The number of carbonyl (C=O) groups excluding carboxylic acids is 1. The lowest BCUT2D eigenvalue weighted by Crippen LogP contribution is -2.49. The van der Waals surface area contributed by atoms with Crippen LogP contribution in [0.25, 0.3) is 0 Å². The van der Waals surface area contributed by atoms with Crippen LogP contribution in [0.4, 0.5) is 0 Å². The van der Waals surface area contributed by atoms with E-state index in [1.54, 1.807) is 11.8 Å². The van der Waals surface area contributed by atoms with Crippen LogP contribution in [0.1, 0.15) is 11.3 Å². The van der Waals surface area contributed by atoms with Crippen molar-refractivity contribution in [1.29, 1.82) is 0 Å². The molecule has 148 valence electrons. The van der Waals surface area contributed by atoms with E-state index in [0.717, 1.165) is 42.4 Å².